The molecule has 0 saturated carbocycles. The van der Waals surface area contributed by atoms with Gasteiger partial charge >= 0.3 is 0 Å². The number of nitrogens with one attached hydrogen (secondary N) is 1. The maximum Gasteiger partial charge on any atom is 0.266 e. The molecule has 0 aliphatic carbocycles. The summed E-state index contributed by atoms with van der Waals surface area (Å²) in [5, 5.41) is 3.16. The van der Waals surface area contributed by atoms with Crippen LogP contribution < -0.4 is 10.9 Å². The van der Waals surface area contributed by atoms with Gasteiger partial charge in [0.2, 0.25) is 0 Å². The number of halogens is 2. The zero-order valence-corrected chi connectivity index (χ0v) is 16.3. The number of ether oxygens (including phenoxy) is 1. The third-order valence-electron chi connectivity index (χ3n) is 3.98. The molecule has 1 amide bonds. The van der Waals surface area contributed by atoms with E-state index >= 15 is 0 Å². The van der Waals surface area contributed by atoms with Gasteiger partial charge in [0.1, 0.15) is 10.6 Å². The van der Waals surface area contributed by atoms with Crippen molar-refractivity contribution in [2.75, 3.05) is 18.5 Å². The summed E-state index contributed by atoms with van der Waals surface area (Å²) in [6, 6.07) is 3.71. The number of hydrogen-bond donors (Lipinski definition) is 1. The number of benzene rings is 1. The molecule has 0 radical (unpaired) electrons. The Labute approximate surface area is 163 Å². The van der Waals surface area contributed by atoms with Crippen molar-refractivity contribution in [2.24, 2.45) is 0 Å². The van der Waals surface area contributed by atoms with E-state index in [0.717, 1.165) is 17.4 Å². The Hall–Kier alpha value is -2.29. The number of thiophene rings is 1. The van der Waals surface area contributed by atoms with Gasteiger partial charge in [-0.3, -0.25) is 14.2 Å². The number of amides is 1. The lowest BCUT2D eigenvalue weighted by Gasteiger charge is -2.06. The first-order valence-electron chi connectivity index (χ1n) is 8.25. The zero-order chi connectivity index (χ0) is 19.6. The molecule has 0 unspecified atom stereocenters. The summed E-state index contributed by atoms with van der Waals surface area (Å²) in [7, 11) is 0. The molecule has 3 aromatic rings. The van der Waals surface area contributed by atoms with Crippen LogP contribution in [0.5, 0.6) is 0 Å². The Bertz CT molecular complexity index is 1060. The average molecular weight is 410 g/mol. The van der Waals surface area contributed by atoms with E-state index in [9.17, 15) is 14.0 Å². The molecule has 2 aromatic heterocycles. The van der Waals surface area contributed by atoms with Crippen molar-refractivity contribution >= 4 is 44.7 Å². The zero-order valence-electron chi connectivity index (χ0n) is 14.7. The van der Waals surface area contributed by atoms with Crippen LogP contribution in [0.15, 0.2) is 29.3 Å². The maximum atomic E-state index is 13.2. The first-order chi connectivity index (χ1) is 12.9. The molecule has 6 nitrogen and oxygen atoms in total. The van der Waals surface area contributed by atoms with Crippen molar-refractivity contribution in [3.05, 3.63) is 56.2 Å². The summed E-state index contributed by atoms with van der Waals surface area (Å²) < 4.78 is 19.9. The number of rotatable bonds is 6. The normalized spacial score (nSPS) is 11.1. The minimum atomic E-state index is -0.493. The molecule has 27 heavy (non-hydrogen) atoms. The number of fused-ring (bicyclic) bond motifs is 1. The first-order valence-corrected chi connectivity index (χ1v) is 9.44. The summed E-state index contributed by atoms with van der Waals surface area (Å²) >= 11 is 7.08. The third kappa shape index (κ3) is 4.02. The fraction of sp³-hybridized carbons (Fsp3) is 0.278. The molecule has 2 heterocycles. The second-order valence-electron chi connectivity index (χ2n) is 5.75. The summed E-state index contributed by atoms with van der Waals surface area (Å²) in [4.78, 5) is 30.5. The van der Waals surface area contributed by atoms with Gasteiger partial charge in [0.05, 0.1) is 40.5 Å². The Balaban J connectivity index is 1.93. The molecule has 0 bridgehead atoms. The van der Waals surface area contributed by atoms with Crippen LogP contribution in [0.2, 0.25) is 5.02 Å². The SMILES string of the molecule is CCOCCn1cnc2sc(C(=O)Nc3ccc(F)cc3Cl)c(C)c2c1=O. The lowest BCUT2D eigenvalue weighted by molar-refractivity contribution is 0.103. The van der Waals surface area contributed by atoms with E-state index in [1.54, 1.807) is 6.92 Å². The number of nitrogens with zero attached hydrogens (tertiary/aromatic N) is 2. The quantitative estimate of drug-likeness (QED) is 0.627. The van der Waals surface area contributed by atoms with Gasteiger partial charge in [-0.05, 0) is 37.6 Å². The smallest absolute Gasteiger partial charge is 0.266 e. The Morgan fingerprint density at radius 2 is 2.22 bits per heavy atom. The fourth-order valence-electron chi connectivity index (χ4n) is 2.61. The largest absolute Gasteiger partial charge is 0.380 e. The van der Waals surface area contributed by atoms with E-state index in [2.05, 4.69) is 10.3 Å². The van der Waals surface area contributed by atoms with Crippen LogP contribution in [0, 0.1) is 12.7 Å². The monoisotopic (exact) mass is 409 g/mol. The van der Waals surface area contributed by atoms with E-state index < -0.39 is 11.7 Å². The van der Waals surface area contributed by atoms with Gasteiger partial charge < -0.3 is 10.1 Å². The minimum absolute atomic E-state index is 0.0959. The highest BCUT2D eigenvalue weighted by Gasteiger charge is 2.20. The number of aryl methyl sites for hydroxylation is 1. The van der Waals surface area contributed by atoms with E-state index in [-0.39, 0.29) is 10.6 Å². The van der Waals surface area contributed by atoms with Crippen molar-refractivity contribution in [3.63, 3.8) is 0 Å². The molecule has 1 N–H and O–H groups in total. The predicted molar refractivity (Wildman–Crippen MR) is 104 cm³/mol. The van der Waals surface area contributed by atoms with Gasteiger partial charge in [-0.1, -0.05) is 11.6 Å². The highest BCUT2D eigenvalue weighted by Crippen LogP contribution is 2.29. The van der Waals surface area contributed by atoms with Crippen LogP contribution in [-0.2, 0) is 11.3 Å². The summed E-state index contributed by atoms with van der Waals surface area (Å²) in [5.41, 5.74) is 0.628. The van der Waals surface area contributed by atoms with Crippen LogP contribution >= 0.6 is 22.9 Å². The highest BCUT2D eigenvalue weighted by molar-refractivity contribution is 7.20. The number of carbonyl (C=O) groups excluding carboxylic acids is 1. The molecule has 0 aliphatic rings. The van der Waals surface area contributed by atoms with Gasteiger partial charge in [-0.25, -0.2) is 9.37 Å². The number of anilines is 1. The van der Waals surface area contributed by atoms with E-state index in [4.69, 9.17) is 16.3 Å². The molecule has 9 heteroatoms. The van der Waals surface area contributed by atoms with Gasteiger partial charge in [-0.15, -0.1) is 11.3 Å². The minimum Gasteiger partial charge on any atom is -0.380 e. The maximum absolute atomic E-state index is 13.2. The average Bonchev–Trinajstić information content (AvgIpc) is 2.97. The van der Waals surface area contributed by atoms with Crippen LogP contribution in [-0.4, -0.2) is 28.7 Å². The molecule has 1 aromatic carbocycles. The van der Waals surface area contributed by atoms with E-state index in [1.807, 2.05) is 6.92 Å². The van der Waals surface area contributed by atoms with Crippen molar-refractivity contribution in [2.45, 2.75) is 20.4 Å². The van der Waals surface area contributed by atoms with Crippen LogP contribution in [0.3, 0.4) is 0 Å². The Morgan fingerprint density at radius 1 is 1.44 bits per heavy atom. The van der Waals surface area contributed by atoms with Crippen molar-refractivity contribution < 1.29 is 13.9 Å². The number of carbonyl (C=O) groups is 1. The highest BCUT2D eigenvalue weighted by atomic mass is 35.5. The van der Waals surface area contributed by atoms with Gasteiger partial charge in [0.25, 0.3) is 11.5 Å². The Kier molecular flexibility index (Phi) is 5.88. The van der Waals surface area contributed by atoms with Crippen LogP contribution in [0.4, 0.5) is 10.1 Å². The molecule has 0 aliphatic heterocycles. The molecule has 142 valence electrons. The Morgan fingerprint density at radius 3 is 2.93 bits per heavy atom. The summed E-state index contributed by atoms with van der Waals surface area (Å²) in [5.74, 6) is -0.919. The topological polar surface area (TPSA) is 73.2 Å². The lowest BCUT2D eigenvalue weighted by atomic mass is 10.2. The standard InChI is InChI=1S/C18H17ClFN3O3S/c1-3-26-7-6-23-9-21-17-14(18(23)25)10(2)15(27-17)16(24)22-13-5-4-11(20)8-12(13)19/h4-5,8-9H,3,6-7H2,1-2H3,(H,22,24). The van der Waals surface area contributed by atoms with Crippen LogP contribution in [0.25, 0.3) is 10.2 Å². The molecule has 0 fully saturated rings. The van der Waals surface area contributed by atoms with E-state index in [1.165, 1.54) is 23.0 Å². The van der Waals surface area contributed by atoms with Crippen molar-refractivity contribution in [1.29, 1.82) is 0 Å². The van der Waals surface area contributed by atoms with Crippen molar-refractivity contribution in [3.8, 4) is 0 Å². The molecule has 0 atom stereocenters. The second-order valence-corrected chi connectivity index (χ2v) is 7.16. The number of aromatic nitrogens is 2. The van der Waals surface area contributed by atoms with Crippen molar-refractivity contribution in [1.82, 2.24) is 9.55 Å². The van der Waals surface area contributed by atoms with Gasteiger partial charge in [0.15, 0.2) is 0 Å². The summed E-state index contributed by atoms with van der Waals surface area (Å²) in [6.07, 6.45) is 1.46. The third-order valence-corrected chi connectivity index (χ3v) is 5.49. The van der Waals surface area contributed by atoms with Gasteiger partial charge in [0, 0.05) is 6.61 Å². The fourth-order valence-corrected chi connectivity index (χ4v) is 3.86. The first kappa shape index (κ1) is 19.5. The lowest BCUT2D eigenvalue weighted by Crippen LogP contribution is -2.23. The summed E-state index contributed by atoms with van der Waals surface area (Å²) in [6.45, 7) is 4.94. The molecule has 3 rings (SSSR count). The molecular weight excluding hydrogens is 393 g/mol. The van der Waals surface area contributed by atoms with Gasteiger partial charge in [-0.2, -0.15) is 0 Å². The number of hydrogen-bond acceptors (Lipinski definition) is 5. The van der Waals surface area contributed by atoms with Crippen LogP contribution in [0.1, 0.15) is 22.2 Å². The predicted octanol–water partition coefficient (Wildman–Crippen LogP) is 3.85. The second kappa shape index (κ2) is 8.16. The van der Waals surface area contributed by atoms with E-state index in [0.29, 0.717) is 46.1 Å². The molecule has 0 spiro atoms. The molecular formula is C18H17ClFN3O3S. The molecule has 0 saturated heterocycles.